The minimum Gasteiger partial charge on any atom is -0.334 e. The van der Waals surface area contributed by atoms with Gasteiger partial charge in [0.05, 0.1) is 6.04 Å². The van der Waals surface area contributed by atoms with Crippen LogP contribution in [0.5, 0.6) is 0 Å². The van der Waals surface area contributed by atoms with Gasteiger partial charge in [0.2, 0.25) is 6.41 Å². The van der Waals surface area contributed by atoms with Crippen molar-refractivity contribution in [1.29, 1.82) is 0 Å². The van der Waals surface area contributed by atoms with Gasteiger partial charge < -0.3 is 4.90 Å². The summed E-state index contributed by atoms with van der Waals surface area (Å²) in [6.07, 6.45) is 1.91. The van der Waals surface area contributed by atoms with Crippen LogP contribution in [0.1, 0.15) is 22.7 Å². The first kappa shape index (κ1) is 11.0. The molecule has 2 aromatic carbocycles. The Morgan fingerprint density at radius 1 is 1.00 bits per heavy atom. The summed E-state index contributed by atoms with van der Waals surface area (Å²) in [7, 11) is 0. The van der Waals surface area contributed by atoms with Crippen LogP contribution in [0.4, 0.5) is 0 Å². The van der Waals surface area contributed by atoms with Crippen molar-refractivity contribution in [3.8, 4) is 0 Å². The van der Waals surface area contributed by atoms with Crippen LogP contribution in [-0.4, -0.2) is 17.9 Å². The standard InChI is InChI=1S/C16H15NO/c18-12-17-11-10-13-6-4-5-9-15(13)16(17)14-7-2-1-3-8-14/h1-9,12,16H,10-11H2/t16-/m1/s1. The maximum Gasteiger partial charge on any atom is 0.210 e. The highest BCUT2D eigenvalue weighted by Crippen LogP contribution is 2.33. The van der Waals surface area contributed by atoms with Crippen molar-refractivity contribution in [2.24, 2.45) is 0 Å². The molecule has 0 saturated carbocycles. The fourth-order valence-corrected chi connectivity index (χ4v) is 2.71. The number of nitrogens with zero attached hydrogens (tertiary/aromatic N) is 1. The molecule has 0 aromatic heterocycles. The van der Waals surface area contributed by atoms with Gasteiger partial charge >= 0.3 is 0 Å². The van der Waals surface area contributed by atoms with Gasteiger partial charge in [-0.05, 0) is 23.1 Å². The van der Waals surface area contributed by atoms with Gasteiger partial charge in [-0.1, -0.05) is 54.6 Å². The van der Waals surface area contributed by atoms with Gasteiger partial charge in [0.15, 0.2) is 0 Å². The maximum absolute atomic E-state index is 11.3. The Morgan fingerprint density at radius 3 is 2.50 bits per heavy atom. The monoisotopic (exact) mass is 237 g/mol. The zero-order valence-corrected chi connectivity index (χ0v) is 10.1. The smallest absolute Gasteiger partial charge is 0.210 e. The van der Waals surface area contributed by atoms with E-state index in [4.69, 9.17) is 0 Å². The quantitative estimate of drug-likeness (QED) is 0.735. The van der Waals surface area contributed by atoms with Gasteiger partial charge in [-0.25, -0.2) is 0 Å². The van der Waals surface area contributed by atoms with E-state index >= 15 is 0 Å². The fraction of sp³-hybridized carbons (Fsp3) is 0.188. The Labute approximate surface area is 107 Å². The first-order chi connectivity index (χ1) is 8.90. The predicted octanol–water partition coefficient (Wildman–Crippen LogP) is 2.79. The Kier molecular flexibility index (Phi) is 2.85. The lowest BCUT2D eigenvalue weighted by Gasteiger charge is -2.35. The van der Waals surface area contributed by atoms with Crippen molar-refractivity contribution in [2.45, 2.75) is 12.5 Å². The second kappa shape index (κ2) is 4.65. The summed E-state index contributed by atoms with van der Waals surface area (Å²) in [5, 5.41) is 0. The van der Waals surface area contributed by atoms with Gasteiger partial charge in [0.25, 0.3) is 0 Å². The van der Waals surface area contributed by atoms with Crippen LogP contribution in [-0.2, 0) is 11.2 Å². The highest BCUT2D eigenvalue weighted by molar-refractivity contribution is 5.54. The molecule has 1 aliphatic rings. The van der Waals surface area contributed by atoms with Gasteiger partial charge in [0.1, 0.15) is 0 Å². The summed E-state index contributed by atoms with van der Waals surface area (Å²) in [6, 6.07) is 18.7. The number of benzene rings is 2. The number of amides is 1. The summed E-state index contributed by atoms with van der Waals surface area (Å²) < 4.78 is 0. The average molecular weight is 237 g/mol. The third-order valence-electron chi connectivity index (χ3n) is 3.57. The molecule has 90 valence electrons. The molecule has 2 heteroatoms. The molecule has 2 aromatic rings. The Balaban J connectivity index is 2.12. The maximum atomic E-state index is 11.3. The average Bonchev–Trinajstić information content (AvgIpc) is 2.47. The predicted molar refractivity (Wildman–Crippen MR) is 71.2 cm³/mol. The van der Waals surface area contributed by atoms with E-state index in [9.17, 15) is 4.79 Å². The van der Waals surface area contributed by atoms with Crippen molar-refractivity contribution in [1.82, 2.24) is 4.90 Å². The van der Waals surface area contributed by atoms with Crippen LogP contribution in [0, 0.1) is 0 Å². The molecule has 18 heavy (non-hydrogen) atoms. The van der Waals surface area contributed by atoms with E-state index in [2.05, 4.69) is 30.3 Å². The first-order valence-corrected chi connectivity index (χ1v) is 6.24. The molecule has 0 bridgehead atoms. The van der Waals surface area contributed by atoms with Crippen LogP contribution in [0.25, 0.3) is 0 Å². The molecule has 1 atom stereocenters. The summed E-state index contributed by atoms with van der Waals surface area (Å²) in [6.45, 7) is 0.792. The molecule has 0 spiro atoms. The molecule has 0 saturated heterocycles. The Bertz CT molecular complexity index is 550. The molecular formula is C16H15NO. The van der Waals surface area contributed by atoms with Crippen LogP contribution in [0.2, 0.25) is 0 Å². The van der Waals surface area contributed by atoms with Gasteiger partial charge in [-0.2, -0.15) is 0 Å². The number of hydrogen-bond acceptors (Lipinski definition) is 1. The largest absolute Gasteiger partial charge is 0.334 e. The van der Waals surface area contributed by atoms with Crippen molar-refractivity contribution in [3.05, 3.63) is 71.3 Å². The second-order valence-electron chi connectivity index (χ2n) is 4.61. The highest BCUT2D eigenvalue weighted by atomic mass is 16.1. The topological polar surface area (TPSA) is 20.3 Å². The summed E-state index contributed by atoms with van der Waals surface area (Å²) in [5.41, 5.74) is 3.78. The van der Waals surface area contributed by atoms with Crippen molar-refractivity contribution < 1.29 is 4.79 Å². The number of carbonyl (C=O) groups excluding carboxylic acids is 1. The summed E-state index contributed by atoms with van der Waals surface area (Å²) in [5.74, 6) is 0. The van der Waals surface area contributed by atoms with Crippen LogP contribution in [0.15, 0.2) is 54.6 Å². The third-order valence-corrected chi connectivity index (χ3v) is 3.57. The molecule has 0 radical (unpaired) electrons. The van der Waals surface area contributed by atoms with Gasteiger partial charge in [-0.15, -0.1) is 0 Å². The molecule has 3 rings (SSSR count). The van der Waals surface area contributed by atoms with Crippen LogP contribution in [0.3, 0.4) is 0 Å². The van der Waals surface area contributed by atoms with E-state index in [0.717, 1.165) is 19.4 Å². The van der Waals surface area contributed by atoms with Gasteiger partial charge in [-0.3, -0.25) is 4.79 Å². The minimum absolute atomic E-state index is 0.0636. The zero-order valence-electron chi connectivity index (χ0n) is 10.1. The van der Waals surface area contributed by atoms with E-state index < -0.39 is 0 Å². The van der Waals surface area contributed by atoms with E-state index in [-0.39, 0.29) is 6.04 Å². The van der Waals surface area contributed by atoms with E-state index in [1.54, 1.807) is 0 Å². The van der Waals surface area contributed by atoms with E-state index in [1.807, 2.05) is 29.2 Å². The molecule has 0 fully saturated rings. The van der Waals surface area contributed by atoms with E-state index in [1.165, 1.54) is 16.7 Å². The van der Waals surface area contributed by atoms with E-state index in [0.29, 0.717) is 0 Å². The third kappa shape index (κ3) is 1.80. The Morgan fingerprint density at radius 2 is 1.72 bits per heavy atom. The van der Waals surface area contributed by atoms with Crippen molar-refractivity contribution in [3.63, 3.8) is 0 Å². The lowest BCUT2D eigenvalue weighted by Crippen LogP contribution is -2.34. The summed E-state index contributed by atoms with van der Waals surface area (Å²) in [4.78, 5) is 13.2. The SMILES string of the molecule is O=CN1CCc2ccccc2[C@H]1c1ccccc1. The summed E-state index contributed by atoms with van der Waals surface area (Å²) >= 11 is 0. The molecule has 0 aliphatic carbocycles. The molecule has 1 aliphatic heterocycles. The van der Waals surface area contributed by atoms with Crippen molar-refractivity contribution in [2.75, 3.05) is 6.54 Å². The molecule has 1 amide bonds. The highest BCUT2D eigenvalue weighted by Gasteiger charge is 2.26. The molecule has 1 heterocycles. The number of rotatable bonds is 2. The van der Waals surface area contributed by atoms with Crippen LogP contribution < -0.4 is 0 Å². The number of fused-ring (bicyclic) bond motifs is 1. The molecule has 0 N–H and O–H groups in total. The number of carbonyl (C=O) groups is 1. The van der Waals surface area contributed by atoms with Crippen LogP contribution >= 0.6 is 0 Å². The lowest BCUT2D eigenvalue weighted by atomic mass is 9.89. The van der Waals surface area contributed by atoms with Crippen molar-refractivity contribution >= 4 is 6.41 Å². The normalized spacial score (nSPS) is 18.2. The van der Waals surface area contributed by atoms with Gasteiger partial charge in [0, 0.05) is 6.54 Å². The Hall–Kier alpha value is -2.09. The molecular weight excluding hydrogens is 222 g/mol. The fourth-order valence-electron chi connectivity index (χ4n) is 2.71. The first-order valence-electron chi connectivity index (χ1n) is 6.24. The molecule has 0 unspecified atom stereocenters. The zero-order chi connectivity index (χ0) is 12.4. The second-order valence-corrected chi connectivity index (χ2v) is 4.61. The molecule has 2 nitrogen and oxygen atoms in total. The lowest BCUT2D eigenvalue weighted by molar-refractivity contribution is -0.119. The number of hydrogen-bond donors (Lipinski definition) is 0. The minimum atomic E-state index is 0.0636.